The van der Waals surface area contributed by atoms with Gasteiger partial charge in [-0.15, -0.1) is 0 Å². The fraction of sp³-hybridized carbons (Fsp3) is 0.385. The fourth-order valence-electron chi connectivity index (χ4n) is 1.30. The summed E-state index contributed by atoms with van der Waals surface area (Å²) >= 11 is 0. The molecule has 0 aliphatic rings. The second-order valence-corrected chi connectivity index (χ2v) is 3.56. The lowest BCUT2D eigenvalue weighted by molar-refractivity contribution is -0.135. The van der Waals surface area contributed by atoms with Gasteiger partial charge < -0.3 is 10.2 Å². The quantitative estimate of drug-likeness (QED) is 0.353. The maximum atomic E-state index is 11.2. The zero-order chi connectivity index (χ0) is 12.5. The van der Waals surface area contributed by atoms with E-state index in [1.807, 2.05) is 18.2 Å². The number of esters is 1. The van der Waals surface area contributed by atoms with E-state index in [2.05, 4.69) is 22.7 Å². The van der Waals surface area contributed by atoms with Crippen molar-refractivity contribution in [2.24, 2.45) is 5.10 Å². The number of carbonyl (C=O) groups excluding carboxylic acids is 1. The van der Waals surface area contributed by atoms with Crippen molar-refractivity contribution < 1.29 is 9.53 Å². The molecule has 1 N–H and O–H groups in total. The van der Waals surface area contributed by atoms with Crippen LogP contribution in [-0.2, 0) is 16.0 Å². The van der Waals surface area contributed by atoms with Crippen molar-refractivity contribution in [1.82, 2.24) is 5.43 Å². The monoisotopic (exact) mass is 234 g/mol. The summed E-state index contributed by atoms with van der Waals surface area (Å²) in [6, 6.07) is 10.1. The number of nitrogens with one attached hydrogen (secondary N) is 1. The number of hydrazone groups is 1. The molecule has 0 saturated carbocycles. The third-order valence-electron chi connectivity index (χ3n) is 2.19. The summed E-state index contributed by atoms with van der Waals surface area (Å²) in [5, 5.41) is 3.95. The minimum absolute atomic E-state index is 0.347. The Balaban J connectivity index is 2.28. The number of hydrogen-bond donors (Lipinski definition) is 1. The van der Waals surface area contributed by atoms with E-state index in [1.54, 1.807) is 13.8 Å². The highest BCUT2D eigenvalue weighted by atomic mass is 16.5. The van der Waals surface area contributed by atoms with Crippen molar-refractivity contribution in [3.8, 4) is 0 Å². The Labute approximate surface area is 102 Å². The van der Waals surface area contributed by atoms with Crippen molar-refractivity contribution in [2.75, 3.05) is 13.2 Å². The van der Waals surface area contributed by atoms with Crippen LogP contribution in [0.25, 0.3) is 0 Å². The number of ether oxygens (including phenoxy) is 1. The molecular formula is C13H18N2O2. The largest absolute Gasteiger partial charge is 0.461 e. The van der Waals surface area contributed by atoms with Gasteiger partial charge in [0.25, 0.3) is 0 Å². The number of nitrogens with zero attached hydrogens (tertiary/aromatic N) is 1. The lowest BCUT2D eigenvalue weighted by Gasteiger charge is -2.03. The number of rotatable bonds is 6. The van der Waals surface area contributed by atoms with Crippen molar-refractivity contribution in [2.45, 2.75) is 20.3 Å². The summed E-state index contributed by atoms with van der Waals surface area (Å²) < 4.78 is 4.81. The van der Waals surface area contributed by atoms with Gasteiger partial charge in [-0.1, -0.05) is 30.3 Å². The molecule has 0 fully saturated rings. The molecule has 1 rings (SSSR count). The molecule has 4 nitrogen and oxygen atoms in total. The Hall–Kier alpha value is -1.84. The molecule has 0 amide bonds. The maximum Gasteiger partial charge on any atom is 0.354 e. The zero-order valence-electron chi connectivity index (χ0n) is 10.3. The Morgan fingerprint density at radius 2 is 2.06 bits per heavy atom. The van der Waals surface area contributed by atoms with E-state index in [-0.39, 0.29) is 5.97 Å². The summed E-state index contributed by atoms with van der Waals surface area (Å²) in [4.78, 5) is 11.2. The van der Waals surface area contributed by atoms with Gasteiger partial charge in [0, 0.05) is 6.54 Å². The Kier molecular flexibility index (Phi) is 5.79. The summed E-state index contributed by atoms with van der Waals surface area (Å²) in [7, 11) is 0. The Morgan fingerprint density at radius 1 is 1.35 bits per heavy atom. The van der Waals surface area contributed by atoms with Crippen LogP contribution in [0.3, 0.4) is 0 Å². The van der Waals surface area contributed by atoms with Gasteiger partial charge in [0.15, 0.2) is 0 Å². The van der Waals surface area contributed by atoms with E-state index >= 15 is 0 Å². The van der Waals surface area contributed by atoms with E-state index in [9.17, 15) is 4.79 Å². The van der Waals surface area contributed by atoms with Crippen LogP contribution in [0.15, 0.2) is 35.4 Å². The van der Waals surface area contributed by atoms with Crippen LogP contribution in [0.1, 0.15) is 19.4 Å². The lowest BCUT2D eigenvalue weighted by Crippen LogP contribution is -2.19. The molecular weight excluding hydrogens is 216 g/mol. The molecule has 0 bridgehead atoms. The van der Waals surface area contributed by atoms with Crippen molar-refractivity contribution in [1.29, 1.82) is 0 Å². The highest BCUT2D eigenvalue weighted by Crippen LogP contribution is 1.97. The van der Waals surface area contributed by atoms with Crippen LogP contribution in [0.2, 0.25) is 0 Å². The average molecular weight is 234 g/mol. The van der Waals surface area contributed by atoms with Crippen LogP contribution in [-0.4, -0.2) is 24.8 Å². The van der Waals surface area contributed by atoms with Crippen molar-refractivity contribution in [3.63, 3.8) is 0 Å². The first-order chi connectivity index (χ1) is 8.24. The van der Waals surface area contributed by atoms with E-state index in [0.29, 0.717) is 18.9 Å². The number of carbonyl (C=O) groups is 1. The maximum absolute atomic E-state index is 11.2. The van der Waals surface area contributed by atoms with Crippen LogP contribution >= 0.6 is 0 Å². The minimum Gasteiger partial charge on any atom is -0.461 e. The van der Waals surface area contributed by atoms with Gasteiger partial charge in [-0.05, 0) is 25.8 Å². The van der Waals surface area contributed by atoms with E-state index in [1.165, 1.54) is 5.56 Å². The summed E-state index contributed by atoms with van der Waals surface area (Å²) in [6.07, 6.45) is 0.875. The predicted molar refractivity (Wildman–Crippen MR) is 67.9 cm³/mol. The van der Waals surface area contributed by atoms with Crippen LogP contribution in [0, 0.1) is 0 Å². The Morgan fingerprint density at radius 3 is 2.71 bits per heavy atom. The standard InChI is InChI=1S/C13H18N2O2/c1-3-17-13(16)11(2)15-14-10-9-12-7-5-4-6-8-12/h4-8,14H,3,9-10H2,1-2H3. The van der Waals surface area contributed by atoms with Gasteiger partial charge in [0.05, 0.1) is 6.61 Å². The van der Waals surface area contributed by atoms with Crippen LogP contribution in [0.4, 0.5) is 0 Å². The number of benzene rings is 1. The van der Waals surface area contributed by atoms with E-state index < -0.39 is 0 Å². The minimum atomic E-state index is -0.375. The highest BCUT2D eigenvalue weighted by molar-refractivity contribution is 6.35. The summed E-state index contributed by atoms with van der Waals surface area (Å²) in [6.45, 7) is 4.47. The van der Waals surface area contributed by atoms with Gasteiger partial charge >= 0.3 is 5.97 Å². The molecule has 0 aliphatic heterocycles. The average Bonchev–Trinajstić information content (AvgIpc) is 2.36. The van der Waals surface area contributed by atoms with E-state index in [0.717, 1.165) is 6.42 Å². The topological polar surface area (TPSA) is 50.7 Å². The van der Waals surface area contributed by atoms with Gasteiger partial charge in [-0.2, -0.15) is 5.10 Å². The molecule has 4 heteroatoms. The van der Waals surface area contributed by atoms with Crippen molar-refractivity contribution >= 4 is 11.7 Å². The molecule has 0 saturated heterocycles. The van der Waals surface area contributed by atoms with E-state index in [4.69, 9.17) is 4.74 Å². The smallest absolute Gasteiger partial charge is 0.354 e. The van der Waals surface area contributed by atoms with Gasteiger partial charge in [-0.25, -0.2) is 4.79 Å². The normalized spacial score (nSPS) is 11.1. The molecule has 0 unspecified atom stereocenters. The molecule has 0 aliphatic carbocycles. The first kappa shape index (κ1) is 13.2. The second-order valence-electron chi connectivity index (χ2n) is 3.56. The zero-order valence-corrected chi connectivity index (χ0v) is 10.3. The molecule has 1 aromatic rings. The van der Waals surface area contributed by atoms with Gasteiger partial charge in [0.2, 0.25) is 0 Å². The summed E-state index contributed by atoms with van der Waals surface area (Å²) in [5.41, 5.74) is 4.45. The molecule has 0 radical (unpaired) electrons. The van der Waals surface area contributed by atoms with Crippen LogP contribution < -0.4 is 5.43 Å². The third-order valence-corrected chi connectivity index (χ3v) is 2.19. The number of hydrogen-bond acceptors (Lipinski definition) is 4. The second kappa shape index (κ2) is 7.44. The SMILES string of the molecule is CCOC(=O)C(C)=NNCCc1ccccc1. The molecule has 1 aromatic carbocycles. The Bertz CT molecular complexity index is 374. The van der Waals surface area contributed by atoms with Crippen LogP contribution in [0.5, 0.6) is 0 Å². The molecule has 0 heterocycles. The first-order valence-electron chi connectivity index (χ1n) is 5.72. The predicted octanol–water partition coefficient (Wildman–Crippen LogP) is 1.76. The molecule has 0 atom stereocenters. The third kappa shape index (κ3) is 5.15. The highest BCUT2D eigenvalue weighted by Gasteiger charge is 2.05. The molecule has 0 aromatic heterocycles. The fourth-order valence-corrected chi connectivity index (χ4v) is 1.30. The summed E-state index contributed by atoms with van der Waals surface area (Å²) in [5.74, 6) is -0.375. The van der Waals surface area contributed by atoms with Gasteiger partial charge in [0.1, 0.15) is 5.71 Å². The van der Waals surface area contributed by atoms with Gasteiger partial charge in [-0.3, -0.25) is 0 Å². The first-order valence-corrected chi connectivity index (χ1v) is 5.72. The molecule has 17 heavy (non-hydrogen) atoms. The van der Waals surface area contributed by atoms with Crippen molar-refractivity contribution in [3.05, 3.63) is 35.9 Å². The molecule has 92 valence electrons. The molecule has 0 spiro atoms. The lowest BCUT2D eigenvalue weighted by atomic mass is 10.2.